The first-order valence-electron chi connectivity index (χ1n) is 7.78. The molecule has 0 spiro atoms. The van der Waals surface area contributed by atoms with E-state index in [1.165, 1.54) is 0 Å². The summed E-state index contributed by atoms with van der Waals surface area (Å²) in [6.45, 7) is 1.84. The number of nitrogens with one attached hydrogen (secondary N) is 2. The van der Waals surface area contributed by atoms with Gasteiger partial charge in [0.25, 0.3) is 5.91 Å². The van der Waals surface area contributed by atoms with Crippen LogP contribution in [0.1, 0.15) is 22.3 Å². The number of rotatable bonds is 6. The van der Waals surface area contributed by atoms with Crippen LogP contribution in [0.25, 0.3) is 11.3 Å². The predicted octanol–water partition coefficient (Wildman–Crippen LogP) is 3.31. The third kappa shape index (κ3) is 3.75. The van der Waals surface area contributed by atoms with E-state index in [-0.39, 0.29) is 5.91 Å². The largest absolute Gasteiger partial charge is 0.497 e. The second kappa shape index (κ2) is 7.83. The van der Waals surface area contributed by atoms with Gasteiger partial charge >= 0.3 is 0 Å². The third-order valence-corrected chi connectivity index (χ3v) is 4.69. The molecule has 0 saturated heterocycles. The number of ether oxygens (including phenoxy) is 2. The summed E-state index contributed by atoms with van der Waals surface area (Å²) in [5.41, 5.74) is 4.87. The fourth-order valence-corrected chi connectivity index (χ4v) is 3.00. The van der Waals surface area contributed by atoms with E-state index < -0.39 is 0 Å². The summed E-state index contributed by atoms with van der Waals surface area (Å²) in [5.74, 6) is 0.934. The van der Waals surface area contributed by atoms with Gasteiger partial charge in [-0.3, -0.25) is 9.89 Å². The van der Waals surface area contributed by atoms with Crippen LogP contribution in [0, 0.1) is 0 Å². The molecule has 26 heavy (non-hydrogen) atoms. The molecular formula is C18H18N4O3S. The number of aromatic amines is 1. The van der Waals surface area contributed by atoms with E-state index >= 15 is 0 Å². The zero-order valence-electron chi connectivity index (χ0n) is 14.6. The molecule has 0 unspecified atom stereocenters. The lowest BCUT2D eigenvalue weighted by Gasteiger charge is -2.08. The van der Waals surface area contributed by atoms with Crippen LogP contribution in [0.5, 0.6) is 11.5 Å². The van der Waals surface area contributed by atoms with Gasteiger partial charge in [-0.15, -0.1) is 11.3 Å². The van der Waals surface area contributed by atoms with Gasteiger partial charge in [-0.05, 0) is 42.6 Å². The fraction of sp³-hybridized carbons (Fsp3) is 0.167. The summed E-state index contributed by atoms with van der Waals surface area (Å²) in [4.78, 5) is 13.3. The van der Waals surface area contributed by atoms with E-state index in [4.69, 9.17) is 9.47 Å². The lowest BCUT2D eigenvalue weighted by Crippen LogP contribution is -2.19. The van der Waals surface area contributed by atoms with Gasteiger partial charge in [0.15, 0.2) is 0 Å². The minimum Gasteiger partial charge on any atom is -0.497 e. The van der Waals surface area contributed by atoms with Gasteiger partial charge in [0.05, 0.1) is 25.6 Å². The zero-order valence-corrected chi connectivity index (χ0v) is 15.4. The number of benzene rings is 1. The van der Waals surface area contributed by atoms with E-state index in [9.17, 15) is 4.79 Å². The number of H-pyrrole nitrogens is 1. The molecule has 1 amide bonds. The number of nitrogens with zero attached hydrogens (tertiary/aromatic N) is 2. The number of hydrazone groups is 1. The summed E-state index contributed by atoms with van der Waals surface area (Å²) in [5, 5.41) is 13.0. The number of thiophene rings is 1. The van der Waals surface area contributed by atoms with Crippen LogP contribution in [0.3, 0.4) is 0 Å². The highest BCUT2D eigenvalue weighted by atomic mass is 32.1. The molecule has 0 fully saturated rings. The van der Waals surface area contributed by atoms with Gasteiger partial charge in [-0.2, -0.15) is 10.2 Å². The minimum absolute atomic E-state index is 0.299. The molecule has 0 saturated carbocycles. The van der Waals surface area contributed by atoms with Gasteiger partial charge in [0, 0.05) is 10.4 Å². The molecule has 0 aliphatic rings. The Balaban J connectivity index is 1.79. The highest BCUT2D eigenvalue weighted by Gasteiger charge is 2.15. The lowest BCUT2D eigenvalue weighted by molar-refractivity contribution is 0.0950. The smallest absolute Gasteiger partial charge is 0.289 e. The molecule has 3 rings (SSSR count). The van der Waals surface area contributed by atoms with Crippen molar-refractivity contribution in [1.82, 2.24) is 15.6 Å². The Kier molecular flexibility index (Phi) is 5.33. The Morgan fingerprint density at radius 1 is 1.23 bits per heavy atom. The first-order chi connectivity index (χ1) is 12.6. The van der Waals surface area contributed by atoms with Crippen molar-refractivity contribution in [2.75, 3.05) is 14.2 Å². The Morgan fingerprint density at radius 2 is 2.08 bits per heavy atom. The molecule has 3 aromatic rings. The maximum Gasteiger partial charge on any atom is 0.289 e. The lowest BCUT2D eigenvalue weighted by atomic mass is 10.1. The van der Waals surface area contributed by atoms with Crippen molar-refractivity contribution >= 4 is 23.0 Å². The van der Waals surface area contributed by atoms with Crippen molar-refractivity contribution in [1.29, 1.82) is 0 Å². The second-order valence-electron chi connectivity index (χ2n) is 5.35. The van der Waals surface area contributed by atoms with E-state index in [1.807, 2.05) is 24.4 Å². The highest BCUT2D eigenvalue weighted by molar-refractivity contribution is 7.12. The summed E-state index contributed by atoms with van der Waals surface area (Å²) >= 11 is 1.56. The van der Waals surface area contributed by atoms with Crippen LogP contribution in [0.15, 0.2) is 46.9 Å². The molecule has 8 heteroatoms. The minimum atomic E-state index is -0.374. The molecule has 134 valence electrons. The molecule has 2 aromatic heterocycles. The van der Waals surface area contributed by atoms with Crippen LogP contribution in [0.2, 0.25) is 0 Å². The molecule has 7 nitrogen and oxygen atoms in total. The Morgan fingerprint density at radius 3 is 2.77 bits per heavy atom. The van der Waals surface area contributed by atoms with E-state index in [2.05, 4.69) is 20.7 Å². The van der Waals surface area contributed by atoms with Gasteiger partial charge in [-0.1, -0.05) is 6.07 Å². The van der Waals surface area contributed by atoms with Crippen LogP contribution in [-0.4, -0.2) is 36.0 Å². The standard InChI is InChI=1S/C18H18N4O3S/c1-11(17-5-4-8-26-17)19-22-18(23)15-10-14(20-21-15)13-9-12(24-2)6-7-16(13)25-3/h4-10H,1-3H3,(H,20,21)(H,22,23). The van der Waals surface area contributed by atoms with Crippen molar-refractivity contribution in [3.05, 3.63) is 52.3 Å². The van der Waals surface area contributed by atoms with E-state index in [0.717, 1.165) is 16.2 Å². The van der Waals surface area contributed by atoms with Crippen molar-refractivity contribution in [3.63, 3.8) is 0 Å². The molecular weight excluding hydrogens is 352 g/mol. The first kappa shape index (κ1) is 17.7. The summed E-state index contributed by atoms with van der Waals surface area (Å²) in [7, 11) is 3.16. The number of hydrogen-bond donors (Lipinski definition) is 2. The summed E-state index contributed by atoms with van der Waals surface area (Å²) in [6.07, 6.45) is 0. The summed E-state index contributed by atoms with van der Waals surface area (Å²) in [6, 6.07) is 10.9. The Hall–Kier alpha value is -3.13. The highest BCUT2D eigenvalue weighted by Crippen LogP contribution is 2.32. The number of amides is 1. The van der Waals surface area contributed by atoms with Crippen LogP contribution < -0.4 is 14.9 Å². The fourth-order valence-electron chi connectivity index (χ4n) is 2.32. The molecule has 0 aliphatic heterocycles. The van der Waals surface area contributed by atoms with Crippen molar-refractivity contribution in [2.24, 2.45) is 5.10 Å². The number of aromatic nitrogens is 2. The van der Waals surface area contributed by atoms with Crippen molar-refractivity contribution in [2.45, 2.75) is 6.92 Å². The Bertz CT molecular complexity index is 932. The quantitative estimate of drug-likeness (QED) is 0.515. The monoisotopic (exact) mass is 370 g/mol. The van der Waals surface area contributed by atoms with E-state index in [1.54, 1.807) is 49.8 Å². The molecule has 2 N–H and O–H groups in total. The average molecular weight is 370 g/mol. The van der Waals surface area contributed by atoms with Crippen LogP contribution >= 0.6 is 11.3 Å². The maximum atomic E-state index is 12.3. The zero-order chi connectivity index (χ0) is 18.5. The predicted molar refractivity (Wildman–Crippen MR) is 101 cm³/mol. The average Bonchev–Trinajstić information content (AvgIpc) is 3.37. The molecule has 0 atom stereocenters. The summed E-state index contributed by atoms with van der Waals surface area (Å²) < 4.78 is 10.6. The SMILES string of the molecule is COc1ccc(OC)c(-c2cc(C(=O)NN=C(C)c3cccs3)[nH]n2)c1. The molecule has 1 aromatic carbocycles. The van der Waals surface area contributed by atoms with Crippen LogP contribution in [-0.2, 0) is 0 Å². The molecule has 2 heterocycles. The van der Waals surface area contributed by atoms with Gasteiger partial charge < -0.3 is 9.47 Å². The Labute approximate surface area is 154 Å². The number of carbonyl (C=O) groups is 1. The maximum absolute atomic E-state index is 12.3. The van der Waals surface area contributed by atoms with Crippen molar-refractivity contribution < 1.29 is 14.3 Å². The number of methoxy groups -OCH3 is 2. The van der Waals surface area contributed by atoms with E-state index in [0.29, 0.717) is 22.9 Å². The van der Waals surface area contributed by atoms with Gasteiger partial charge in [-0.25, -0.2) is 5.43 Å². The number of carbonyl (C=O) groups excluding carboxylic acids is 1. The van der Waals surface area contributed by atoms with Gasteiger partial charge in [0.2, 0.25) is 0 Å². The second-order valence-corrected chi connectivity index (χ2v) is 6.30. The normalized spacial score (nSPS) is 11.3. The number of hydrogen-bond acceptors (Lipinski definition) is 6. The third-order valence-electron chi connectivity index (χ3n) is 3.71. The van der Waals surface area contributed by atoms with Crippen LogP contribution in [0.4, 0.5) is 0 Å². The molecule has 0 bridgehead atoms. The van der Waals surface area contributed by atoms with Crippen molar-refractivity contribution in [3.8, 4) is 22.8 Å². The van der Waals surface area contributed by atoms with Gasteiger partial charge in [0.1, 0.15) is 17.2 Å². The topological polar surface area (TPSA) is 88.6 Å². The molecule has 0 radical (unpaired) electrons. The molecule has 0 aliphatic carbocycles. The first-order valence-corrected chi connectivity index (χ1v) is 8.66.